The summed E-state index contributed by atoms with van der Waals surface area (Å²) in [5, 5.41) is 1.24. The van der Waals surface area contributed by atoms with Gasteiger partial charge in [-0.1, -0.05) is 87.1 Å². The van der Waals surface area contributed by atoms with Crippen molar-refractivity contribution in [3.05, 3.63) is 0 Å². The minimum absolute atomic E-state index is 0.980. The summed E-state index contributed by atoms with van der Waals surface area (Å²) in [4.78, 5) is 0. The molecular formula is C15H29Br. The highest BCUT2D eigenvalue weighted by atomic mass is 79.9. The SMILES string of the molecule is CCCCCCCCC(CBr)C1CCCC1. The Morgan fingerprint density at radius 2 is 1.62 bits per heavy atom. The van der Waals surface area contributed by atoms with Gasteiger partial charge in [-0.3, -0.25) is 0 Å². The first-order valence-corrected chi connectivity index (χ1v) is 8.56. The molecule has 0 aromatic rings. The first-order valence-electron chi connectivity index (χ1n) is 7.44. The van der Waals surface area contributed by atoms with Gasteiger partial charge in [0.15, 0.2) is 0 Å². The maximum absolute atomic E-state index is 3.72. The van der Waals surface area contributed by atoms with Crippen molar-refractivity contribution < 1.29 is 0 Å². The second-order valence-electron chi connectivity index (χ2n) is 5.52. The summed E-state index contributed by atoms with van der Waals surface area (Å²) >= 11 is 3.72. The fourth-order valence-corrected chi connectivity index (χ4v) is 3.91. The molecule has 0 aromatic carbocycles. The lowest BCUT2D eigenvalue weighted by Gasteiger charge is -2.20. The minimum Gasteiger partial charge on any atom is -0.0925 e. The van der Waals surface area contributed by atoms with E-state index in [2.05, 4.69) is 22.9 Å². The van der Waals surface area contributed by atoms with E-state index < -0.39 is 0 Å². The van der Waals surface area contributed by atoms with Crippen molar-refractivity contribution in [1.29, 1.82) is 0 Å². The molecule has 0 bridgehead atoms. The number of rotatable bonds is 9. The number of hydrogen-bond acceptors (Lipinski definition) is 0. The molecule has 0 amide bonds. The van der Waals surface area contributed by atoms with Crippen LogP contribution in [0.3, 0.4) is 0 Å². The van der Waals surface area contributed by atoms with Crippen molar-refractivity contribution in [2.24, 2.45) is 11.8 Å². The Bertz CT molecular complexity index is 150. The monoisotopic (exact) mass is 288 g/mol. The van der Waals surface area contributed by atoms with Gasteiger partial charge >= 0.3 is 0 Å². The molecule has 1 unspecified atom stereocenters. The molecule has 1 heteroatoms. The normalized spacial score (nSPS) is 19.1. The predicted octanol–water partition coefficient (Wildman–Crippen LogP) is 5.94. The van der Waals surface area contributed by atoms with E-state index in [1.54, 1.807) is 0 Å². The standard InChI is InChI=1S/C15H29Br/c1-2-3-4-5-6-7-12-15(13-16)14-10-8-9-11-14/h14-15H,2-13H2,1H3. The summed E-state index contributed by atoms with van der Waals surface area (Å²) in [6.45, 7) is 2.29. The molecule has 1 aliphatic carbocycles. The Hall–Kier alpha value is 0.480. The molecule has 0 N–H and O–H groups in total. The molecule has 0 nitrogen and oxygen atoms in total. The largest absolute Gasteiger partial charge is 0.0925 e. The molecule has 0 radical (unpaired) electrons. The van der Waals surface area contributed by atoms with Gasteiger partial charge in [0.05, 0.1) is 0 Å². The smallest absolute Gasteiger partial charge is 0.00623 e. The zero-order chi connectivity index (χ0) is 11.6. The molecule has 0 aromatic heterocycles. The van der Waals surface area contributed by atoms with Crippen molar-refractivity contribution in [2.45, 2.75) is 77.6 Å². The van der Waals surface area contributed by atoms with Crippen LogP contribution in [0.15, 0.2) is 0 Å². The quantitative estimate of drug-likeness (QED) is 0.364. The Labute approximate surface area is 111 Å². The van der Waals surface area contributed by atoms with E-state index >= 15 is 0 Å². The molecule has 0 saturated heterocycles. The molecule has 1 fully saturated rings. The number of hydrogen-bond donors (Lipinski definition) is 0. The molecule has 0 heterocycles. The number of unbranched alkanes of at least 4 members (excludes halogenated alkanes) is 5. The third kappa shape index (κ3) is 5.70. The van der Waals surface area contributed by atoms with E-state index in [1.165, 1.54) is 76.0 Å². The molecule has 1 aliphatic rings. The Morgan fingerprint density at radius 3 is 2.25 bits per heavy atom. The third-order valence-corrected chi connectivity index (χ3v) is 5.02. The molecule has 1 atom stereocenters. The lowest BCUT2D eigenvalue weighted by Crippen LogP contribution is -2.13. The highest BCUT2D eigenvalue weighted by Gasteiger charge is 2.23. The van der Waals surface area contributed by atoms with Crippen LogP contribution in [0.2, 0.25) is 0 Å². The molecule has 1 rings (SSSR count). The second kappa shape index (κ2) is 9.50. The van der Waals surface area contributed by atoms with E-state index in [0.717, 1.165) is 11.8 Å². The summed E-state index contributed by atoms with van der Waals surface area (Å²) in [7, 11) is 0. The predicted molar refractivity (Wildman–Crippen MR) is 77.2 cm³/mol. The highest BCUT2D eigenvalue weighted by Crippen LogP contribution is 2.35. The molecular weight excluding hydrogens is 260 g/mol. The van der Waals surface area contributed by atoms with Crippen LogP contribution in [0.4, 0.5) is 0 Å². The van der Waals surface area contributed by atoms with Crippen LogP contribution in [0, 0.1) is 11.8 Å². The summed E-state index contributed by atoms with van der Waals surface area (Å²) in [5.41, 5.74) is 0. The minimum atomic E-state index is 0.980. The van der Waals surface area contributed by atoms with Gasteiger partial charge in [-0.2, -0.15) is 0 Å². The summed E-state index contributed by atoms with van der Waals surface area (Å²) < 4.78 is 0. The van der Waals surface area contributed by atoms with E-state index in [4.69, 9.17) is 0 Å². The highest BCUT2D eigenvalue weighted by molar-refractivity contribution is 9.09. The number of alkyl halides is 1. The summed E-state index contributed by atoms with van der Waals surface area (Å²) in [6.07, 6.45) is 16.1. The Kier molecular flexibility index (Phi) is 8.64. The maximum Gasteiger partial charge on any atom is 0.00623 e. The van der Waals surface area contributed by atoms with Crippen LogP contribution in [-0.4, -0.2) is 5.33 Å². The van der Waals surface area contributed by atoms with Crippen LogP contribution in [0.5, 0.6) is 0 Å². The van der Waals surface area contributed by atoms with Crippen molar-refractivity contribution in [2.75, 3.05) is 5.33 Å². The van der Waals surface area contributed by atoms with Gasteiger partial charge in [0.25, 0.3) is 0 Å². The van der Waals surface area contributed by atoms with E-state index in [9.17, 15) is 0 Å². The van der Waals surface area contributed by atoms with Crippen LogP contribution < -0.4 is 0 Å². The van der Waals surface area contributed by atoms with Crippen molar-refractivity contribution in [1.82, 2.24) is 0 Å². The average molecular weight is 289 g/mol. The van der Waals surface area contributed by atoms with Gasteiger partial charge < -0.3 is 0 Å². The maximum atomic E-state index is 3.72. The molecule has 0 aliphatic heterocycles. The van der Waals surface area contributed by atoms with Gasteiger partial charge in [0.2, 0.25) is 0 Å². The van der Waals surface area contributed by atoms with Crippen LogP contribution in [0.1, 0.15) is 77.6 Å². The average Bonchev–Trinajstić information content (AvgIpc) is 2.82. The topological polar surface area (TPSA) is 0 Å². The third-order valence-electron chi connectivity index (χ3n) is 4.19. The van der Waals surface area contributed by atoms with E-state index in [0.29, 0.717) is 0 Å². The molecule has 0 spiro atoms. The zero-order valence-corrected chi connectivity index (χ0v) is 12.6. The Balaban J connectivity index is 2.00. The summed E-state index contributed by atoms with van der Waals surface area (Å²) in [6, 6.07) is 0. The molecule has 16 heavy (non-hydrogen) atoms. The second-order valence-corrected chi connectivity index (χ2v) is 6.16. The fraction of sp³-hybridized carbons (Fsp3) is 1.00. The van der Waals surface area contributed by atoms with Crippen molar-refractivity contribution >= 4 is 15.9 Å². The first-order chi connectivity index (χ1) is 7.88. The van der Waals surface area contributed by atoms with Gasteiger partial charge in [-0.25, -0.2) is 0 Å². The van der Waals surface area contributed by atoms with Crippen molar-refractivity contribution in [3.63, 3.8) is 0 Å². The lowest BCUT2D eigenvalue weighted by atomic mass is 9.88. The van der Waals surface area contributed by atoms with Gasteiger partial charge in [0, 0.05) is 5.33 Å². The first kappa shape index (κ1) is 14.5. The van der Waals surface area contributed by atoms with E-state index in [-0.39, 0.29) is 0 Å². The van der Waals surface area contributed by atoms with Crippen LogP contribution >= 0.6 is 15.9 Å². The number of halogens is 1. The summed E-state index contributed by atoms with van der Waals surface area (Å²) in [5.74, 6) is 2.03. The van der Waals surface area contributed by atoms with Gasteiger partial charge in [-0.15, -0.1) is 0 Å². The van der Waals surface area contributed by atoms with Crippen LogP contribution in [0.25, 0.3) is 0 Å². The van der Waals surface area contributed by atoms with E-state index in [1.807, 2.05) is 0 Å². The zero-order valence-electron chi connectivity index (χ0n) is 11.0. The molecule has 1 saturated carbocycles. The Morgan fingerprint density at radius 1 is 1.00 bits per heavy atom. The van der Waals surface area contributed by atoms with Gasteiger partial charge in [-0.05, 0) is 18.3 Å². The van der Waals surface area contributed by atoms with Crippen molar-refractivity contribution in [3.8, 4) is 0 Å². The lowest BCUT2D eigenvalue weighted by molar-refractivity contribution is 0.341. The fourth-order valence-electron chi connectivity index (χ4n) is 3.05. The molecule has 96 valence electrons. The van der Waals surface area contributed by atoms with Crippen LogP contribution in [-0.2, 0) is 0 Å². The van der Waals surface area contributed by atoms with Gasteiger partial charge in [0.1, 0.15) is 0 Å².